The highest BCUT2D eigenvalue weighted by molar-refractivity contribution is 9.10. The molecule has 0 spiro atoms. The standard InChI is InChI=1S/C26H29BrN2O3S/c1-4-20-11-12-21(5-2)22(15-20)17-28-26(30)18-29(24-8-6-7-23(27)16-24)33(31,32)25-13-9-19(3)10-14-25/h6-16H,4-5,17-18H2,1-3H3,(H,28,30). The molecular weight excluding hydrogens is 500 g/mol. The first-order valence-electron chi connectivity index (χ1n) is 11.0. The Kier molecular flexibility index (Phi) is 8.32. The van der Waals surface area contributed by atoms with Gasteiger partial charge < -0.3 is 5.32 Å². The summed E-state index contributed by atoms with van der Waals surface area (Å²) in [6.45, 7) is 6.10. The van der Waals surface area contributed by atoms with Crippen LogP contribution >= 0.6 is 15.9 Å². The van der Waals surface area contributed by atoms with Gasteiger partial charge in [-0.3, -0.25) is 9.10 Å². The Balaban J connectivity index is 1.86. The Hall–Kier alpha value is -2.64. The number of carbonyl (C=O) groups is 1. The number of nitrogens with zero attached hydrogens (tertiary/aromatic N) is 1. The Morgan fingerprint density at radius 2 is 1.67 bits per heavy atom. The van der Waals surface area contributed by atoms with Crippen molar-refractivity contribution in [1.29, 1.82) is 0 Å². The van der Waals surface area contributed by atoms with Crippen LogP contribution in [0, 0.1) is 6.92 Å². The molecule has 0 saturated carbocycles. The van der Waals surface area contributed by atoms with E-state index in [9.17, 15) is 13.2 Å². The third-order valence-corrected chi connectivity index (χ3v) is 7.81. The van der Waals surface area contributed by atoms with E-state index in [2.05, 4.69) is 53.3 Å². The lowest BCUT2D eigenvalue weighted by atomic mass is 10.0. The fraction of sp³-hybridized carbons (Fsp3) is 0.269. The van der Waals surface area contributed by atoms with E-state index in [1.807, 2.05) is 13.0 Å². The van der Waals surface area contributed by atoms with Crippen LogP contribution in [0.4, 0.5) is 5.69 Å². The minimum absolute atomic E-state index is 0.143. The van der Waals surface area contributed by atoms with Crippen LogP contribution < -0.4 is 9.62 Å². The fourth-order valence-corrected chi connectivity index (χ4v) is 5.37. The summed E-state index contributed by atoms with van der Waals surface area (Å²) in [5.41, 5.74) is 4.81. The molecule has 7 heteroatoms. The summed E-state index contributed by atoms with van der Waals surface area (Å²) < 4.78 is 28.8. The molecule has 0 heterocycles. The van der Waals surface area contributed by atoms with Crippen molar-refractivity contribution in [2.75, 3.05) is 10.8 Å². The van der Waals surface area contributed by atoms with Crippen LogP contribution in [0.25, 0.3) is 0 Å². The normalized spacial score (nSPS) is 11.3. The van der Waals surface area contributed by atoms with E-state index in [-0.39, 0.29) is 17.3 Å². The van der Waals surface area contributed by atoms with Crippen molar-refractivity contribution in [2.45, 2.75) is 45.1 Å². The van der Waals surface area contributed by atoms with Crippen LogP contribution in [-0.2, 0) is 34.2 Å². The molecule has 0 bridgehead atoms. The van der Waals surface area contributed by atoms with Crippen molar-refractivity contribution in [1.82, 2.24) is 5.32 Å². The minimum Gasteiger partial charge on any atom is -0.350 e. The first-order chi connectivity index (χ1) is 15.7. The number of hydrogen-bond acceptors (Lipinski definition) is 3. The molecule has 0 aliphatic carbocycles. The Bertz CT molecular complexity index is 1220. The number of amides is 1. The predicted molar refractivity (Wildman–Crippen MR) is 137 cm³/mol. The van der Waals surface area contributed by atoms with Crippen LogP contribution in [0.5, 0.6) is 0 Å². The number of nitrogens with one attached hydrogen (secondary N) is 1. The van der Waals surface area contributed by atoms with Crippen molar-refractivity contribution in [3.8, 4) is 0 Å². The zero-order valence-electron chi connectivity index (χ0n) is 19.1. The van der Waals surface area contributed by atoms with Gasteiger partial charge in [-0.15, -0.1) is 0 Å². The van der Waals surface area contributed by atoms with Gasteiger partial charge in [0.05, 0.1) is 10.6 Å². The van der Waals surface area contributed by atoms with Crippen LogP contribution in [0.1, 0.15) is 36.1 Å². The lowest BCUT2D eigenvalue weighted by Gasteiger charge is -2.24. The molecule has 3 aromatic rings. The van der Waals surface area contributed by atoms with E-state index >= 15 is 0 Å². The summed E-state index contributed by atoms with van der Waals surface area (Å²) in [5, 5.41) is 2.92. The molecule has 0 aromatic heterocycles. The molecule has 3 rings (SSSR count). The van der Waals surface area contributed by atoms with Gasteiger partial charge in [0.25, 0.3) is 10.0 Å². The maximum atomic E-state index is 13.5. The summed E-state index contributed by atoms with van der Waals surface area (Å²) in [4.78, 5) is 13.1. The van der Waals surface area contributed by atoms with Gasteiger partial charge in [0.2, 0.25) is 5.91 Å². The average molecular weight is 530 g/mol. The third kappa shape index (κ3) is 6.24. The van der Waals surface area contributed by atoms with E-state index < -0.39 is 10.0 Å². The van der Waals surface area contributed by atoms with E-state index in [0.717, 1.165) is 32.7 Å². The van der Waals surface area contributed by atoms with Crippen molar-refractivity contribution in [3.05, 3.63) is 93.5 Å². The second-order valence-corrected chi connectivity index (χ2v) is 10.7. The topological polar surface area (TPSA) is 66.5 Å². The summed E-state index contributed by atoms with van der Waals surface area (Å²) in [5.74, 6) is -0.366. The second kappa shape index (κ2) is 11.0. The van der Waals surface area contributed by atoms with Crippen molar-refractivity contribution in [2.24, 2.45) is 0 Å². The maximum Gasteiger partial charge on any atom is 0.264 e. The fourth-order valence-electron chi connectivity index (χ4n) is 3.57. The predicted octanol–water partition coefficient (Wildman–Crippen LogP) is 5.39. The van der Waals surface area contributed by atoms with Crippen molar-refractivity contribution < 1.29 is 13.2 Å². The number of anilines is 1. The number of sulfonamides is 1. The molecule has 3 aromatic carbocycles. The Morgan fingerprint density at radius 3 is 2.30 bits per heavy atom. The van der Waals surface area contributed by atoms with E-state index in [1.165, 1.54) is 11.1 Å². The molecule has 1 amide bonds. The van der Waals surface area contributed by atoms with Gasteiger partial charge in [0.15, 0.2) is 0 Å². The minimum atomic E-state index is -3.94. The van der Waals surface area contributed by atoms with Crippen LogP contribution in [0.15, 0.2) is 76.1 Å². The van der Waals surface area contributed by atoms with Gasteiger partial charge in [0.1, 0.15) is 6.54 Å². The number of aryl methyl sites for hydroxylation is 3. The monoisotopic (exact) mass is 528 g/mol. The highest BCUT2D eigenvalue weighted by Gasteiger charge is 2.27. The summed E-state index contributed by atoms with van der Waals surface area (Å²) in [6.07, 6.45) is 1.78. The molecule has 1 N–H and O–H groups in total. The molecule has 0 radical (unpaired) electrons. The molecule has 0 unspecified atom stereocenters. The summed E-state index contributed by atoms with van der Waals surface area (Å²) >= 11 is 3.40. The van der Waals surface area contributed by atoms with E-state index in [0.29, 0.717) is 12.2 Å². The first-order valence-corrected chi connectivity index (χ1v) is 13.2. The number of rotatable bonds is 9. The number of carbonyl (C=O) groups excluding carboxylic acids is 1. The second-order valence-electron chi connectivity index (χ2n) is 7.89. The van der Waals surface area contributed by atoms with Gasteiger partial charge in [-0.2, -0.15) is 0 Å². The van der Waals surface area contributed by atoms with Gasteiger partial charge >= 0.3 is 0 Å². The highest BCUT2D eigenvalue weighted by Crippen LogP contribution is 2.26. The number of halogens is 1. The SMILES string of the molecule is CCc1ccc(CC)c(CNC(=O)CN(c2cccc(Br)c2)S(=O)(=O)c2ccc(C)cc2)c1. The lowest BCUT2D eigenvalue weighted by Crippen LogP contribution is -2.40. The molecule has 0 aliphatic rings. The average Bonchev–Trinajstić information content (AvgIpc) is 2.81. The molecule has 0 fully saturated rings. The number of hydrogen-bond donors (Lipinski definition) is 1. The number of benzene rings is 3. The van der Waals surface area contributed by atoms with Crippen LogP contribution in [0.2, 0.25) is 0 Å². The maximum absolute atomic E-state index is 13.5. The molecule has 0 aliphatic heterocycles. The van der Waals surface area contributed by atoms with Gasteiger partial charge in [-0.05, 0) is 66.8 Å². The largest absolute Gasteiger partial charge is 0.350 e. The zero-order valence-corrected chi connectivity index (χ0v) is 21.5. The van der Waals surface area contributed by atoms with Crippen molar-refractivity contribution in [3.63, 3.8) is 0 Å². The van der Waals surface area contributed by atoms with Gasteiger partial charge in [-0.1, -0.05) is 71.7 Å². The molecule has 174 valence electrons. The molecule has 5 nitrogen and oxygen atoms in total. The Morgan fingerprint density at radius 1 is 0.939 bits per heavy atom. The van der Waals surface area contributed by atoms with E-state index in [4.69, 9.17) is 0 Å². The lowest BCUT2D eigenvalue weighted by molar-refractivity contribution is -0.119. The quantitative estimate of drug-likeness (QED) is 0.404. The van der Waals surface area contributed by atoms with Crippen LogP contribution in [0.3, 0.4) is 0 Å². The zero-order chi connectivity index (χ0) is 24.0. The Labute approximate surface area is 205 Å². The van der Waals surface area contributed by atoms with Gasteiger partial charge in [-0.25, -0.2) is 8.42 Å². The molecule has 33 heavy (non-hydrogen) atoms. The highest BCUT2D eigenvalue weighted by atomic mass is 79.9. The molecular formula is C26H29BrN2O3S. The molecule has 0 saturated heterocycles. The summed E-state index contributed by atoms with van der Waals surface area (Å²) in [6, 6.07) is 19.9. The van der Waals surface area contributed by atoms with Crippen molar-refractivity contribution >= 4 is 37.5 Å². The smallest absolute Gasteiger partial charge is 0.264 e. The molecule has 0 atom stereocenters. The van der Waals surface area contributed by atoms with Crippen LogP contribution in [-0.4, -0.2) is 20.9 Å². The summed E-state index contributed by atoms with van der Waals surface area (Å²) in [7, 11) is -3.94. The third-order valence-electron chi connectivity index (χ3n) is 5.53. The van der Waals surface area contributed by atoms with E-state index in [1.54, 1.807) is 42.5 Å². The van der Waals surface area contributed by atoms with Gasteiger partial charge in [0, 0.05) is 11.0 Å². The first kappa shape index (κ1) is 25.0.